The summed E-state index contributed by atoms with van der Waals surface area (Å²) in [6.07, 6.45) is 14.0. The molecule has 0 spiro atoms. The van der Waals surface area contributed by atoms with E-state index >= 15 is 0 Å². The van der Waals surface area contributed by atoms with Crippen molar-refractivity contribution in [3.63, 3.8) is 0 Å². The van der Waals surface area contributed by atoms with Crippen LogP contribution in [0, 0.1) is 23.7 Å². The zero-order valence-electron chi connectivity index (χ0n) is 14.8. The standard InChI is InChI=1S/C17H32O4S.Na/c1-2-3-5-14-7-9-16(12-14)17-10-8-15(13-17)6-4-11-21-22(18,19)20;/h14-17H,2-13H2,1H3,(H,18,19,20);/q;+1/p-1. The molecule has 0 heterocycles. The normalized spacial score (nSPS) is 31.2. The first-order valence-electron chi connectivity index (χ1n) is 9.08. The van der Waals surface area contributed by atoms with E-state index in [1.165, 1.54) is 57.8 Å². The molecule has 2 rings (SSSR count). The molecule has 0 aromatic rings. The van der Waals surface area contributed by atoms with Gasteiger partial charge in [0.25, 0.3) is 0 Å². The van der Waals surface area contributed by atoms with Crippen LogP contribution in [0.1, 0.15) is 77.6 Å². The summed E-state index contributed by atoms with van der Waals surface area (Å²) in [5.41, 5.74) is 0. The summed E-state index contributed by atoms with van der Waals surface area (Å²) in [7, 11) is -4.51. The summed E-state index contributed by atoms with van der Waals surface area (Å²) in [5, 5.41) is 0. The Morgan fingerprint density at radius 3 is 1.96 bits per heavy atom. The average Bonchev–Trinajstić information content (AvgIpc) is 3.09. The summed E-state index contributed by atoms with van der Waals surface area (Å²) in [6.45, 7) is 2.32. The van der Waals surface area contributed by atoms with E-state index < -0.39 is 10.4 Å². The maximum atomic E-state index is 10.4. The van der Waals surface area contributed by atoms with Crippen LogP contribution in [0.3, 0.4) is 0 Å². The third-order valence-electron chi connectivity index (χ3n) is 5.78. The molecule has 130 valence electrons. The third-order valence-corrected chi connectivity index (χ3v) is 6.24. The Kier molecular flexibility index (Phi) is 10.3. The fraction of sp³-hybridized carbons (Fsp3) is 1.00. The van der Waals surface area contributed by atoms with Gasteiger partial charge in [0.1, 0.15) is 0 Å². The van der Waals surface area contributed by atoms with Crippen molar-refractivity contribution in [2.45, 2.75) is 77.6 Å². The topological polar surface area (TPSA) is 66.4 Å². The molecule has 4 unspecified atom stereocenters. The van der Waals surface area contributed by atoms with Crippen LogP contribution in [0.4, 0.5) is 0 Å². The van der Waals surface area contributed by atoms with Gasteiger partial charge >= 0.3 is 29.6 Å². The first-order valence-corrected chi connectivity index (χ1v) is 10.4. The maximum absolute atomic E-state index is 10.4. The predicted molar refractivity (Wildman–Crippen MR) is 86.1 cm³/mol. The minimum Gasteiger partial charge on any atom is -0.726 e. The van der Waals surface area contributed by atoms with Gasteiger partial charge in [-0.05, 0) is 62.2 Å². The summed E-state index contributed by atoms with van der Waals surface area (Å²) in [4.78, 5) is 0. The van der Waals surface area contributed by atoms with Crippen LogP contribution in [0.25, 0.3) is 0 Å². The Balaban J connectivity index is 0.00000264. The molecular weight excluding hydrogens is 323 g/mol. The summed E-state index contributed by atoms with van der Waals surface area (Å²) in [5.74, 6) is 3.50. The molecule has 2 saturated carbocycles. The second kappa shape index (κ2) is 10.8. The van der Waals surface area contributed by atoms with E-state index in [4.69, 9.17) is 0 Å². The molecule has 0 radical (unpaired) electrons. The monoisotopic (exact) mass is 354 g/mol. The molecule has 0 aromatic carbocycles. The summed E-state index contributed by atoms with van der Waals surface area (Å²) in [6, 6.07) is 0. The second-order valence-corrected chi connectivity index (χ2v) is 8.45. The van der Waals surface area contributed by atoms with Crippen molar-refractivity contribution < 1.29 is 46.7 Å². The van der Waals surface area contributed by atoms with E-state index in [0.717, 1.165) is 24.2 Å². The van der Waals surface area contributed by atoms with Crippen molar-refractivity contribution in [1.82, 2.24) is 0 Å². The summed E-state index contributed by atoms with van der Waals surface area (Å²) >= 11 is 0. The Labute approximate surface area is 164 Å². The van der Waals surface area contributed by atoms with Gasteiger partial charge in [-0.25, -0.2) is 8.42 Å². The van der Waals surface area contributed by atoms with Crippen molar-refractivity contribution >= 4 is 10.4 Å². The Morgan fingerprint density at radius 2 is 1.48 bits per heavy atom. The van der Waals surface area contributed by atoms with E-state index in [2.05, 4.69) is 11.1 Å². The Morgan fingerprint density at radius 1 is 0.957 bits per heavy atom. The minimum atomic E-state index is -4.51. The van der Waals surface area contributed by atoms with Gasteiger partial charge in [-0.1, -0.05) is 39.0 Å². The molecule has 0 bridgehead atoms. The predicted octanol–water partition coefficient (Wildman–Crippen LogP) is 1.27. The van der Waals surface area contributed by atoms with Crippen LogP contribution in [0.15, 0.2) is 0 Å². The molecule has 0 N–H and O–H groups in total. The van der Waals surface area contributed by atoms with E-state index in [9.17, 15) is 13.0 Å². The van der Waals surface area contributed by atoms with Crippen molar-refractivity contribution in [2.24, 2.45) is 23.7 Å². The molecule has 0 amide bonds. The van der Waals surface area contributed by atoms with Gasteiger partial charge in [0.15, 0.2) is 0 Å². The number of hydrogen-bond acceptors (Lipinski definition) is 4. The van der Waals surface area contributed by atoms with E-state index in [1.54, 1.807) is 0 Å². The zero-order valence-corrected chi connectivity index (χ0v) is 17.7. The van der Waals surface area contributed by atoms with Gasteiger partial charge in [0.2, 0.25) is 10.4 Å². The first-order chi connectivity index (χ1) is 10.5. The largest absolute Gasteiger partial charge is 1.00 e. The summed E-state index contributed by atoms with van der Waals surface area (Å²) < 4.78 is 35.4. The van der Waals surface area contributed by atoms with Gasteiger partial charge in [-0.15, -0.1) is 0 Å². The Hall–Kier alpha value is 0.870. The van der Waals surface area contributed by atoms with E-state index in [0.29, 0.717) is 12.3 Å². The second-order valence-electron chi connectivity index (χ2n) is 7.39. The molecule has 2 aliphatic rings. The van der Waals surface area contributed by atoms with Crippen LogP contribution in [-0.2, 0) is 14.6 Å². The van der Waals surface area contributed by atoms with Gasteiger partial charge in [-0.3, -0.25) is 4.18 Å². The van der Waals surface area contributed by atoms with Crippen LogP contribution in [0.5, 0.6) is 0 Å². The smallest absolute Gasteiger partial charge is 0.726 e. The molecule has 2 aliphatic carbocycles. The molecule has 4 atom stereocenters. The maximum Gasteiger partial charge on any atom is 1.00 e. The molecule has 0 saturated heterocycles. The fourth-order valence-corrected chi connectivity index (χ4v) is 4.96. The molecule has 23 heavy (non-hydrogen) atoms. The molecule has 4 nitrogen and oxygen atoms in total. The number of unbranched alkanes of at least 4 members (excludes halogenated alkanes) is 1. The zero-order chi connectivity index (χ0) is 16.0. The number of rotatable bonds is 9. The first kappa shape index (κ1) is 21.9. The van der Waals surface area contributed by atoms with Gasteiger partial charge in [0.05, 0.1) is 6.61 Å². The van der Waals surface area contributed by atoms with Crippen molar-refractivity contribution in [2.75, 3.05) is 6.61 Å². The Bertz CT molecular complexity index is 426. The van der Waals surface area contributed by atoms with Gasteiger partial charge in [-0.2, -0.15) is 0 Å². The average molecular weight is 354 g/mol. The van der Waals surface area contributed by atoms with Crippen molar-refractivity contribution in [3.8, 4) is 0 Å². The molecule has 0 aromatic heterocycles. The molecule has 0 aliphatic heterocycles. The number of hydrogen-bond donors (Lipinski definition) is 0. The van der Waals surface area contributed by atoms with Crippen LogP contribution in [0.2, 0.25) is 0 Å². The van der Waals surface area contributed by atoms with E-state index in [-0.39, 0.29) is 36.2 Å². The molecule has 6 heteroatoms. The van der Waals surface area contributed by atoms with Crippen LogP contribution >= 0.6 is 0 Å². The molecule has 2 fully saturated rings. The SMILES string of the molecule is CCCCC1CCC(C2CCC(CCCOS(=O)(=O)[O-])C2)C1.[Na+]. The van der Waals surface area contributed by atoms with Gasteiger partial charge in [0, 0.05) is 0 Å². The molecular formula is C17H31NaO4S. The van der Waals surface area contributed by atoms with E-state index in [1.807, 2.05) is 0 Å². The van der Waals surface area contributed by atoms with Crippen LogP contribution in [-0.4, -0.2) is 19.6 Å². The van der Waals surface area contributed by atoms with Crippen LogP contribution < -0.4 is 29.6 Å². The quantitative estimate of drug-likeness (QED) is 0.271. The van der Waals surface area contributed by atoms with Crippen molar-refractivity contribution in [3.05, 3.63) is 0 Å². The fourth-order valence-electron chi connectivity index (χ4n) is 4.63. The third kappa shape index (κ3) is 8.19. The minimum absolute atomic E-state index is 0. The van der Waals surface area contributed by atoms with Gasteiger partial charge < -0.3 is 4.55 Å². The van der Waals surface area contributed by atoms with Crippen molar-refractivity contribution in [1.29, 1.82) is 0 Å².